The molecule has 0 aromatic carbocycles. The Morgan fingerprint density at radius 2 is 1.50 bits per heavy atom. The Kier molecular flexibility index (Phi) is 6.76. The molecule has 0 amide bonds. The van der Waals surface area contributed by atoms with Crippen LogP contribution >= 0.6 is 12.4 Å². The molecule has 4 heteroatoms. The van der Waals surface area contributed by atoms with Crippen molar-refractivity contribution < 1.29 is 9.47 Å². The highest BCUT2D eigenvalue weighted by Gasteiger charge is 2.27. The molecule has 0 aromatic heterocycles. The number of hydrogen-bond acceptors (Lipinski definition) is 3. The van der Waals surface area contributed by atoms with Crippen LogP contribution < -0.4 is 5.32 Å². The lowest BCUT2D eigenvalue weighted by Crippen LogP contribution is -2.29. The van der Waals surface area contributed by atoms with Crippen LogP contribution in [0.15, 0.2) is 0 Å². The number of ether oxygens (including phenoxy) is 2. The van der Waals surface area contributed by atoms with E-state index in [0.29, 0.717) is 0 Å². The lowest BCUT2D eigenvalue weighted by Gasteiger charge is -2.17. The van der Waals surface area contributed by atoms with Crippen molar-refractivity contribution in [3.05, 3.63) is 0 Å². The van der Waals surface area contributed by atoms with Crippen molar-refractivity contribution in [1.29, 1.82) is 0 Å². The van der Waals surface area contributed by atoms with E-state index in [9.17, 15) is 0 Å². The van der Waals surface area contributed by atoms with Crippen LogP contribution in [-0.2, 0) is 9.47 Å². The zero-order valence-corrected chi connectivity index (χ0v) is 8.52. The molecule has 12 heavy (non-hydrogen) atoms. The second-order valence-electron chi connectivity index (χ2n) is 2.65. The summed E-state index contributed by atoms with van der Waals surface area (Å²) in [6, 6.07) is 0. The Morgan fingerprint density at radius 3 is 1.83 bits per heavy atom. The molecule has 74 valence electrons. The van der Waals surface area contributed by atoms with E-state index in [1.807, 2.05) is 13.8 Å². The lowest BCUT2D eigenvalue weighted by atomic mass is 10.2. The van der Waals surface area contributed by atoms with E-state index in [4.69, 9.17) is 9.47 Å². The summed E-state index contributed by atoms with van der Waals surface area (Å²) >= 11 is 0. The van der Waals surface area contributed by atoms with Gasteiger partial charge in [-0.05, 0) is 13.8 Å². The van der Waals surface area contributed by atoms with Crippen molar-refractivity contribution in [2.45, 2.75) is 26.1 Å². The minimum absolute atomic E-state index is 0. The molecule has 1 N–H and O–H groups in total. The van der Waals surface area contributed by atoms with Gasteiger partial charge in [0.2, 0.25) is 0 Å². The van der Waals surface area contributed by atoms with Gasteiger partial charge < -0.3 is 14.8 Å². The van der Waals surface area contributed by atoms with Crippen LogP contribution in [0, 0.1) is 0 Å². The smallest absolute Gasteiger partial charge is 0.0972 e. The summed E-state index contributed by atoms with van der Waals surface area (Å²) in [5, 5.41) is 3.24. The highest BCUT2D eigenvalue weighted by Crippen LogP contribution is 2.08. The van der Waals surface area contributed by atoms with Crippen LogP contribution in [-0.4, -0.2) is 38.5 Å². The summed E-state index contributed by atoms with van der Waals surface area (Å²) in [5.41, 5.74) is 0. The Balaban J connectivity index is 0.00000121. The molecule has 0 radical (unpaired) electrons. The number of rotatable bonds is 4. The predicted molar refractivity (Wildman–Crippen MR) is 50.9 cm³/mol. The highest BCUT2D eigenvalue weighted by atomic mass is 35.5. The quantitative estimate of drug-likeness (QED) is 0.721. The lowest BCUT2D eigenvalue weighted by molar-refractivity contribution is -0.0388. The van der Waals surface area contributed by atoms with Crippen molar-refractivity contribution >= 4 is 12.4 Å². The Hall–Kier alpha value is 0.170. The third-order valence-corrected chi connectivity index (χ3v) is 1.87. The largest absolute Gasteiger partial charge is 0.374 e. The van der Waals surface area contributed by atoms with Gasteiger partial charge in [-0.1, -0.05) is 0 Å². The van der Waals surface area contributed by atoms with Crippen molar-refractivity contribution in [2.75, 3.05) is 26.3 Å². The van der Waals surface area contributed by atoms with E-state index < -0.39 is 0 Å². The molecule has 1 rings (SSSR count). The molecule has 1 heterocycles. The average molecular weight is 196 g/mol. The molecule has 0 bridgehead atoms. The Bertz CT molecular complexity index is 101. The van der Waals surface area contributed by atoms with E-state index in [2.05, 4.69) is 5.32 Å². The summed E-state index contributed by atoms with van der Waals surface area (Å²) in [5.74, 6) is 0. The zero-order chi connectivity index (χ0) is 8.10. The molecule has 0 saturated carbocycles. The Morgan fingerprint density at radius 1 is 1.08 bits per heavy atom. The third-order valence-electron chi connectivity index (χ3n) is 1.87. The minimum Gasteiger partial charge on any atom is -0.374 e. The van der Waals surface area contributed by atoms with Crippen molar-refractivity contribution in [1.82, 2.24) is 5.32 Å². The van der Waals surface area contributed by atoms with Crippen LogP contribution in [0.25, 0.3) is 0 Å². The van der Waals surface area contributed by atoms with Gasteiger partial charge in [0, 0.05) is 26.3 Å². The maximum Gasteiger partial charge on any atom is 0.0972 e. The molecule has 0 aromatic rings. The van der Waals surface area contributed by atoms with Crippen molar-refractivity contribution in [2.24, 2.45) is 0 Å². The molecule has 0 aliphatic carbocycles. The molecule has 2 unspecified atom stereocenters. The predicted octanol–water partition coefficient (Wildman–Crippen LogP) is 0.822. The summed E-state index contributed by atoms with van der Waals surface area (Å²) < 4.78 is 11.0. The number of halogens is 1. The van der Waals surface area contributed by atoms with Gasteiger partial charge in [0.25, 0.3) is 0 Å². The maximum absolute atomic E-state index is 5.48. The summed E-state index contributed by atoms with van der Waals surface area (Å²) in [4.78, 5) is 0. The molecule has 0 spiro atoms. The van der Waals surface area contributed by atoms with Gasteiger partial charge in [0.15, 0.2) is 0 Å². The third kappa shape index (κ3) is 3.27. The number of nitrogens with one attached hydrogen (secondary N) is 1. The molecular formula is C8H18ClNO2. The summed E-state index contributed by atoms with van der Waals surface area (Å²) in [6.07, 6.45) is 0.528. The van der Waals surface area contributed by atoms with Crippen LogP contribution in [0.2, 0.25) is 0 Å². The van der Waals surface area contributed by atoms with E-state index in [-0.39, 0.29) is 24.6 Å². The Labute approximate surface area is 80.2 Å². The van der Waals surface area contributed by atoms with E-state index >= 15 is 0 Å². The monoisotopic (exact) mass is 195 g/mol. The first kappa shape index (κ1) is 12.2. The van der Waals surface area contributed by atoms with E-state index in [1.165, 1.54) is 0 Å². The van der Waals surface area contributed by atoms with Gasteiger partial charge >= 0.3 is 0 Å². The first-order chi connectivity index (χ1) is 5.38. The second kappa shape index (κ2) is 6.66. The standard InChI is InChI=1S/C8H17NO2.ClH/c1-3-10-7-5-9-6-8(7)11-4-2;/h7-9H,3-6H2,1-2H3;1H. The SMILES string of the molecule is CCOC1CNCC1OCC.Cl. The van der Waals surface area contributed by atoms with Crippen LogP contribution in [0.1, 0.15) is 13.8 Å². The van der Waals surface area contributed by atoms with Gasteiger partial charge in [-0.3, -0.25) is 0 Å². The highest BCUT2D eigenvalue weighted by molar-refractivity contribution is 5.85. The average Bonchev–Trinajstić information content (AvgIpc) is 2.39. The summed E-state index contributed by atoms with van der Waals surface area (Å²) in [7, 11) is 0. The van der Waals surface area contributed by atoms with Crippen LogP contribution in [0.5, 0.6) is 0 Å². The topological polar surface area (TPSA) is 30.5 Å². The van der Waals surface area contributed by atoms with Gasteiger partial charge in [0.1, 0.15) is 0 Å². The molecule has 1 saturated heterocycles. The molecule has 2 atom stereocenters. The fourth-order valence-corrected chi connectivity index (χ4v) is 1.39. The molecule has 1 aliphatic rings. The first-order valence-corrected chi connectivity index (χ1v) is 4.32. The second-order valence-corrected chi connectivity index (χ2v) is 2.65. The molecular weight excluding hydrogens is 178 g/mol. The van der Waals surface area contributed by atoms with E-state index in [0.717, 1.165) is 26.3 Å². The van der Waals surface area contributed by atoms with Crippen LogP contribution in [0.3, 0.4) is 0 Å². The fraction of sp³-hybridized carbons (Fsp3) is 1.00. The molecule has 1 fully saturated rings. The molecule has 1 aliphatic heterocycles. The fourth-order valence-electron chi connectivity index (χ4n) is 1.39. The van der Waals surface area contributed by atoms with Gasteiger partial charge in [-0.2, -0.15) is 0 Å². The minimum atomic E-state index is 0. The van der Waals surface area contributed by atoms with Gasteiger partial charge in [-0.15, -0.1) is 12.4 Å². The maximum atomic E-state index is 5.48. The normalized spacial score (nSPS) is 28.5. The van der Waals surface area contributed by atoms with Crippen molar-refractivity contribution in [3.63, 3.8) is 0 Å². The zero-order valence-electron chi connectivity index (χ0n) is 7.71. The summed E-state index contributed by atoms with van der Waals surface area (Å²) in [6.45, 7) is 7.44. The molecule has 3 nitrogen and oxygen atoms in total. The van der Waals surface area contributed by atoms with E-state index in [1.54, 1.807) is 0 Å². The van der Waals surface area contributed by atoms with Crippen LogP contribution in [0.4, 0.5) is 0 Å². The van der Waals surface area contributed by atoms with Gasteiger partial charge in [0.05, 0.1) is 12.2 Å². The first-order valence-electron chi connectivity index (χ1n) is 4.32. The van der Waals surface area contributed by atoms with Gasteiger partial charge in [-0.25, -0.2) is 0 Å². The number of hydrogen-bond donors (Lipinski definition) is 1. The van der Waals surface area contributed by atoms with Crippen molar-refractivity contribution in [3.8, 4) is 0 Å².